The number of carbonyl (C=O) groups is 1. The van der Waals surface area contributed by atoms with Gasteiger partial charge in [-0.1, -0.05) is 30.3 Å². The molecule has 2 aromatic carbocycles. The van der Waals surface area contributed by atoms with Crippen LogP contribution in [0.15, 0.2) is 53.4 Å². The Labute approximate surface area is 163 Å². The molecule has 1 fully saturated rings. The quantitative estimate of drug-likeness (QED) is 0.712. The first-order valence-corrected chi connectivity index (χ1v) is 12.1. The third kappa shape index (κ3) is 4.59. The molecular formula is C19H20FNO5S2. The maximum atomic E-state index is 14.1. The van der Waals surface area contributed by atoms with E-state index in [1.165, 1.54) is 0 Å². The van der Waals surface area contributed by atoms with Crippen LogP contribution in [0.2, 0.25) is 0 Å². The molecule has 1 atom stereocenters. The van der Waals surface area contributed by atoms with Gasteiger partial charge in [0.2, 0.25) is 0 Å². The Hall–Kier alpha value is -2.26. The normalized spacial score (nSPS) is 18.7. The van der Waals surface area contributed by atoms with E-state index >= 15 is 0 Å². The second-order valence-electron chi connectivity index (χ2n) is 6.70. The van der Waals surface area contributed by atoms with Crippen LogP contribution in [0.4, 0.5) is 4.39 Å². The fraction of sp³-hybridized carbons (Fsp3) is 0.316. The summed E-state index contributed by atoms with van der Waals surface area (Å²) < 4.78 is 62.7. The van der Waals surface area contributed by atoms with Crippen LogP contribution in [-0.4, -0.2) is 46.0 Å². The SMILES string of the molecule is O=C(NCCc1ccccc1)c1cc(S(=O)(=O)[C@H]2CCS(=O)(=O)C2)ccc1F. The van der Waals surface area contributed by atoms with Crippen LogP contribution >= 0.6 is 0 Å². The van der Waals surface area contributed by atoms with Gasteiger partial charge < -0.3 is 5.32 Å². The van der Waals surface area contributed by atoms with Crippen molar-refractivity contribution in [2.45, 2.75) is 23.0 Å². The van der Waals surface area contributed by atoms with Crippen molar-refractivity contribution in [3.05, 3.63) is 65.5 Å². The summed E-state index contributed by atoms with van der Waals surface area (Å²) in [5.41, 5.74) is 0.622. The van der Waals surface area contributed by atoms with Crippen molar-refractivity contribution in [1.82, 2.24) is 5.32 Å². The number of sulfone groups is 2. The zero-order valence-corrected chi connectivity index (χ0v) is 16.6. The highest BCUT2D eigenvalue weighted by Crippen LogP contribution is 2.26. The number of nitrogens with one attached hydrogen (secondary N) is 1. The Bertz CT molecular complexity index is 1080. The summed E-state index contributed by atoms with van der Waals surface area (Å²) in [6.45, 7) is 0.264. The molecule has 2 aromatic rings. The first-order valence-electron chi connectivity index (χ1n) is 8.75. The minimum Gasteiger partial charge on any atom is -0.352 e. The molecule has 28 heavy (non-hydrogen) atoms. The lowest BCUT2D eigenvalue weighted by atomic mass is 10.1. The lowest BCUT2D eigenvalue weighted by Gasteiger charge is -2.12. The largest absolute Gasteiger partial charge is 0.352 e. The molecule has 0 aliphatic carbocycles. The molecule has 6 nitrogen and oxygen atoms in total. The van der Waals surface area contributed by atoms with Crippen molar-refractivity contribution in [2.24, 2.45) is 0 Å². The average molecular weight is 426 g/mol. The maximum absolute atomic E-state index is 14.1. The molecule has 0 spiro atoms. The summed E-state index contributed by atoms with van der Waals surface area (Å²) in [5, 5.41) is 1.51. The Morgan fingerprint density at radius 3 is 2.50 bits per heavy atom. The summed E-state index contributed by atoms with van der Waals surface area (Å²) in [4.78, 5) is 12.1. The predicted molar refractivity (Wildman–Crippen MR) is 103 cm³/mol. The van der Waals surface area contributed by atoms with Gasteiger partial charge >= 0.3 is 0 Å². The molecule has 0 radical (unpaired) electrons. The van der Waals surface area contributed by atoms with Gasteiger partial charge in [-0.2, -0.15) is 0 Å². The topological polar surface area (TPSA) is 97.4 Å². The van der Waals surface area contributed by atoms with E-state index in [0.29, 0.717) is 6.42 Å². The van der Waals surface area contributed by atoms with Crippen LogP contribution in [-0.2, 0) is 26.1 Å². The Morgan fingerprint density at radius 2 is 1.86 bits per heavy atom. The Morgan fingerprint density at radius 1 is 1.14 bits per heavy atom. The Kier molecular flexibility index (Phi) is 5.85. The number of amides is 1. The molecule has 150 valence electrons. The van der Waals surface area contributed by atoms with Crippen molar-refractivity contribution in [3.8, 4) is 0 Å². The number of halogens is 1. The highest BCUT2D eigenvalue weighted by atomic mass is 32.2. The second-order valence-corrected chi connectivity index (χ2v) is 11.2. The van der Waals surface area contributed by atoms with Crippen LogP contribution < -0.4 is 5.32 Å². The highest BCUT2D eigenvalue weighted by molar-refractivity contribution is 7.96. The van der Waals surface area contributed by atoms with Crippen molar-refractivity contribution in [2.75, 3.05) is 18.1 Å². The van der Waals surface area contributed by atoms with E-state index in [9.17, 15) is 26.0 Å². The van der Waals surface area contributed by atoms with Crippen molar-refractivity contribution in [1.29, 1.82) is 0 Å². The van der Waals surface area contributed by atoms with Crippen LogP contribution in [0.5, 0.6) is 0 Å². The summed E-state index contributed by atoms with van der Waals surface area (Å²) in [6.07, 6.45) is 0.548. The minimum atomic E-state index is -3.97. The van der Waals surface area contributed by atoms with Crippen LogP contribution in [0.25, 0.3) is 0 Å². The molecule has 3 rings (SSSR count). The van der Waals surface area contributed by atoms with Gasteiger partial charge in [-0.05, 0) is 36.6 Å². The number of hydrogen-bond acceptors (Lipinski definition) is 5. The minimum absolute atomic E-state index is 0.000643. The van der Waals surface area contributed by atoms with Crippen molar-refractivity contribution >= 4 is 25.6 Å². The average Bonchev–Trinajstić information content (AvgIpc) is 3.03. The summed E-state index contributed by atoms with van der Waals surface area (Å²) in [5.74, 6) is -2.20. The molecule has 1 N–H and O–H groups in total. The predicted octanol–water partition coefficient (Wildman–Crippen LogP) is 1.76. The maximum Gasteiger partial charge on any atom is 0.254 e. The summed E-state index contributed by atoms with van der Waals surface area (Å²) in [6, 6.07) is 12.4. The van der Waals surface area contributed by atoms with Gasteiger partial charge in [0.25, 0.3) is 5.91 Å². The Balaban J connectivity index is 1.74. The van der Waals surface area contributed by atoms with Gasteiger partial charge in [0.1, 0.15) is 5.82 Å². The zero-order valence-electron chi connectivity index (χ0n) is 15.0. The van der Waals surface area contributed by atoms with E-state index in [0.717, 1.165) is 23.8 Å². The summed E-state index contributed by atoms with van der Waals surface area (Å²) >= 11 is 0. The molecule has 0 unspecified atom stereocenters. The lowest BCUT2D eigenvalue weighted by molar-refractivity contribution is 0.0950. The van der Waals surface area contributed by atoms with Crippen molar-refractivity contribution < 1.29 is 26.0 Å². The molecule has 0 saturated carbocycles. The monoisotopic (exact) mass is 425 g/mol. The fourth-order valence-electron chi connectivity index (χ4n) is 3.11. The highest BCUT2D eigenvalue weighted by Gasteiger charge is 2.38. The van der Waals surface area contributed by atoms with Crippen LogP contribution in [0.1, 0.15) is 22.3 Å². The first kappa shape index (κ1) is 20.5. The van der Waals surface area contributed by atoms with Gasteiger partial charge in [0, 0.05) is 6.54 Å². The molecule has 9 heteroatoms. The number of hydrogen-bond donors (Lipinski definition) is 1. The van der Waals surface area contributed by atoms with E-state index in [1.54, 1.807) is 0 Å². The zero-order chi connectivity index (χ0) is 20.4. The third-order valence-corrected chi connectivity index (χ3v) is 8.85. The molecule has 1 aliphatic rings. The van der Waals surface area contributed by atoms with E-state index in [1.807, 2.05) is 30.3 Å². The molecular weight excluding hydrogens is 405 g/mol. The second kappa shape index (κ2) is 8.00. The van der Waals surface area contributed by atoms with Crippen LogP contribution in [0.3, 0.4) is 0 Å². The number of rotatable bonds is 6. The van der Waals surface area contributed by atoms with E-state index in [-0.39, 0.29) is 29.2 Å². The lowest BCUT2D eigenvalue weighted by Crippen LogP contribution is -2.27. The molecule has 1 heterocycles. The smallest absolute Gasteiger partial charge is 0.254 e. The first-order chi connectivity index (χ1) is 13.2. The van der Waals surface area contributed by atoms with Gasteiger partial charge in [-0.25, -0.2) is 21.2 Å². The van der Waals surface area contributed by atoms with Crippen molar-refractivity contribution in [3.63, 3.8) is 0 Å². The molecule has 1 saturated heterocycles. The van der Waals surface area contributed by atoms with Gasteiger partial charge in [-0.15, -0.1) is 0 Å². The molecule has 0 bridgehead atoms. The van der Waals surface area contributed by atoms with E-state index in [4.69, 9.17) is 0 Å². The number of benzene rings is 2. The summed E-state index contributed by atoms with van der Waals surface area (Å²) in [7, 11) is -7.36. The number of carbonyl (C=O) groups excluding carboxylic acids is 1. The third-order valence-electron chi connectivity index (χ3n) is 4.68. The van der Waals surface area contributed by atoms with E-state index < -0.39 is 42.4 Å². The standard InChI is InChI=1S/C19H20FNO5S2/c20-18-7-6-15(28(25,26)16-9-11-27(23,24)13-16)12-17(18)19(22)21-10-8-14-4-2-1-3-5-14/h1-7,12,16H,8-11,13H2,(H,21,22)/t16-/m0/s1. The van der Waals surface area contributed by atoms with Gasteiger partial charge in [-0.3, -0.25) is 4.79 Å². The van der Waals surface area contributed by atoms with Crippen LogP contribution in [0, 0.1) is 5.82 Å². The van der Waals surface area contributed by atoms with Gasteiger partial charge in [0.15, 0.2) is 19.7 Å². The molecule has 1 amide bonds. The van der Waals surface area contributed by atoms with Gasteiger partial charge in [0.05, 0.1) is 27.2 Å². The molecule has 0 aromatic heterocycles. The van der Waals surface area contributed by atoms with E-state index in [2.05, 4.69) is 5.32 Å². The fourth-order valence-corrected chi connectivity index (χ4v) is 7.50. The molecule has 1 aliphatic heterocycles.